The molecule has 1 unspecified atom stereocenters. The molecule has 3 nitrogen and oxygen atoms in total. The van der Waals surface area contributed by atoms with Gasteiger partial charge in [-0.1, -0.05) is 35.0 Å². The van der Waals surface area contributed by atoms with Crippen LogP contribution in [0.3, 0.4) is 0 Å². The van der Waals surface area contributed by atoms with Crippen LogP contribution >= 0.6 is 15.9 Å². The lowest BCUT2D eigenvalue weighted by Crippen LogP contribution is -2.28. The van der Waals surface area contributed by atoms with Gasteiger partial charge in [0.2, 0.25) is 5.91 Å². The van der Waals surface area contributed by atoms with Gasteiger partial charge in [-0.05, 0) is 36.6 Å². The Morgan fingerprint density at radius 1 is 1.53 bits per heavy atom. The Hall–Kier alpha value is -0.870. The van der Waals surface area contributed by atoms with Crippen molar-refractivity contribution in [3.05, 3.63) is 34.3 Å². The molecule has 1 rings (SSSR count). The summed E-state index contributed by atoms with van der Waals surface area (Å²) < 4.78 is 1.07. The Morgan fingerprint density at radius 2 is 2.29 bits per heavy atom. The third-order valence-electron chi connectivity index (χ3n) is 2.56. The fourth-order valence-corrected chi connectivity index (χ4v) is 1.96. The maximum absolute atomic E-state index is 11.5. The third kappa shape index (κ3) is 5.84. The highest BCUT2D eigenvalue weighted by atomic mass is 79.9. The number of carbonyl (C=O) groups excluding carboxylic acids is 1. The Kier molecular flexibility index (Phi) is 6.22. The van der Waals surface area contributed by atoms with E-state index in [1.165, 1.54) is 5.56 Å². The highest BCUT2D eigenvalue weighted by Gasteiger charge is 2.06. The minimum atomic E-state index is 0.0814. The second-order valence-corrected chi connectivity index (χ2v) is 5.19. The number of rotatable bonds is 6. The minimum absolute atomic E-state index is 0.0814. The van der Waals surface area contributed by atoms with Crippen molar-refractivity contribution in [1.82, 2.24) is 5.32 Å². The monoisotopic (exact) mass is 298 g/mol. The van der Waals surface area contributed by atoms with Crippen LogP contribution in [0.2, 0.25) is 0 Å². The summed E-state index contributed by atoms with van der Waals surface area (Å²) in [6.07, 6.45) is 1.36. The summed E-state index contributed by atoms with van der Waals surface area (Å²) in [5.74, 6) is 0.332. The number of hydrogen-bond acceptors (Lipinski definition) is 2. The molecule has 4 heteroatoms. The molecule has 3 N–H and O–H groups in total. The smallest absolute Gasteiger partial charge is 0.220 e. The van der Waals surface area contributed by atoms with Crippen molar-refractivity contribution in [3.8, 4) is 0 Å². The second-order valence-electron chi connectivity index (χ2n) is 4.27. The van der Waals surface area contributed by atoms with Crippen LogP contribution in [0.25, 0.3) is 0 Å². The Bertz CT molecular complexity index is 368. The normalized spacial score (nSPS) is 12.2. The van der Waals surface area contributed by atoms with Gasteiger partial charge in [-0.3, -0.25) is 4.79 Å². The zero-order chi connectivity index (χ0) is 12.7. The van der Waals surface area contributed by atoms with Crippen LogP contribution in [0.15, 0.2) is 28.7 Å². The van der Waals surface area contributed by atoms with E-state index in [4.69, 9.17) is 5.73 Å². The number of nitrogens with one attached hydrogen (secondary N) is 1. The molecule has 0 bridgehead atoms. The molecule has 0 heterocycles. The maximum Gasteiger partial charge on any atom is 0.220 e. The molecule has 0 spiro atoms. The third-order valence-corrected chi connectivity index (χ3v) is 3.05. The molecule has 1 amide bonds. The summed E-state index contributed by atoms with van der Waals surface area (Å²) >= 11 is 3.42. The summed E-state index contributed by atoms with van der Waals surface area (Å²) in [4.78, 5) is 11.5. The lowest BCUT2D eigenvalue weighted by Gasteiger charge is -2.09. The van der Waals surface area contributed by atoms with Gasteiger partial charge in [-0.25, -0.2) is 0 Å². The fraction of sp³-hybridized carbons (Fsp3) is 0.462. The van der Waals surface area contributed by atoms with Gasteiger partial charge in [0.15, 0.2) is 0 Å². The number of carbonyl (C=O) groups is 1. The number of benzene rings is 1. The van der Waals surface area contributed by atoms with Crippen LogP contribution in [-0.2, 0) is 11.2 Å². The summed E-state index contributed by atoms with van der Waals surface area (Å²) in [5.41, 5.74) is 6.69. The molecule has 1 aromatic carbocycles. The van der Waals surface area contributed by atoms with E-state index in [0.29, 0.717) is 19.5 Å². The van der Waals surface area contributed by atoms with Crippen molar-refractivity contribution in [3.63, 3.8) is 0 Å². The molecule has 0 aliphatic rings. The van der Waals surface area contributed by atoms with Crippen LogP contribution in [0.5, 0.6) is 0 Å². The van der Waals surface area contributed by atoms with E-state index in [2.05, 4.69) is 33.4 Å². The molecular formula is C13H19BrN2O. The number of halogens is 1. The van der Waals surface area contributed by atoms with Crippen LogP contribution in [0.4, 0.5) is 0 Å². The Morgan fingerprint density at radius 3 is 2.94 bits per heavy atom. The highest BCUT2D eigenvalue weighted by molar-refractivity contribution is 9.10. The molecule has 0 aromatic heterocycles. The molecule has 0 saturated heterocycles. The van der Waals surface area contributed by atoms with E-state index in [-0.39, 0.29) is 11.8 Å². The van der Waals surface area contributed by atoms with Crippen LogP contribution in [0.1, 0.15) is 18.9 Å². The standard InChI is InChI=1S/C13H19BrN2O/c1-10(9-15)7-13(17)16-6-5-11-3-2-4-12(14)8-11/h2-4,8,10H,5-7,9,15H2,1H3,(H,16,17). The van der Waals surface area contributed by atoms with Gasteiger partial charge in [0, 0.05) is 17.4 Å². The molecule has 0 aliphatic carbocycles. The molecule has 0 fully saturated rings. The first-order valence-corrected chi connectivity index (χ1v) is 6.62. The minimum Gasteiger partial charge on any atom is -0.356 e. The van der Waals surface area contributed by atoms with Gasteiger partial charge in [0.25, 0.3) is 0 Å². The number of amides is 1. The summed E-state index contributed by atoms with van der Waals surface area (Å²) in [6.45, 7) is 3.21. The summed E-state index contributed by atoms with van der Waals surface area (Å²) in [5, 5.41) is 2.91. The Balaban J connectivity index is 2.26. The first kappa shape index (κ1) is 14.2. The van der Waals surface area contributed by atoms with E-state index >= 15 is 0 Å². The van der Waals surface area contributed by atoms with Gasteiger partial charge < -0.3 is 11.1 Å². The quantitative estimate of drug-likeness (QED) is 0.845. The predicted molar refractivity (Wildman–Crippen MR) is 73.7 cm³/mol. The number of hydrogen-bond donors (Lipinski definition) is 2. The Labute approximate surface area is 111 Å². The van der Waals surface area contributed by atoms with E-state index in [1.807, 2.05) is 19.1 Å². The van der Waals surface area contributed by atoms with Crippen molar-refractivity contribution in [2.24, 2.45) is 11.7 Å². The molecule has 0 aliphatic heterocycles. The van der Waals surface area contributed by atoms with Crippen LogP contribution in [0, 0.1) is 5.92 Å². The van der Waals surface area contributed by atoms with Crippen LogP contribution < -0.4 is 11.1 Å². The largest absolute Gasteiger partial charge is 0.356 e. The van der Waals surface area contributed by atoms with Gasteiger partial charge in [0.1, 0.15) is 0 Å². The number of nitrogens with two attached hydrogens (primary N) is 1. The van der Waals surface area contributed by atoms with Crippen molar-refractivity contribution in [1.29, 1.82) is 0 Å². The first-order chi connectivity index (χ1) is 8.11. The zero-order valence-electron chi connectivity index (χ0n) is 10.1. The van der Waals surface area contributed by atoms with Gasteiger partial charge in [-0.2, -0.15) is 0 Å². The first-order valence-electron chi connectivity index (χ1n) is 5.83. The predicted octanol–water partition coefficient (Wildman–Crippen LogP) is 2.09. The average molecular weight is 299 g/mol. The van der Waals surface area contributed by atoms with E-state index < -0.39 is 0 Å². The molecule has 17 heavy (non-hydrogen) atoms. The highest BCUT2D eigenvalue weighted by Crippen LogP contribution is 2.11. The van der Waals surface area contributed by atoms with Crippen molar-refractivity contribution >= 4 is 21.8 Å². The van der Waals surface area contributed by atoms with Gasteiger partial charge >= 0.3 is 0 Å². The summed E-state index contributed by atoms with van der Waals surface area (Å²) in [6, 6.07) is 8.11. The fourth-order valence-electron chi connectivity index (χ4n) is 1.51. The topological polar surface area (TPSA) is 55.1 Å². The van der Waals surface area contributed by atoms with Gasteiger partial charge in [-0.15, -0.1) is 0 Å². The lowest BCUT2D eigenvalue weighted by atomic mass is 10.1. The lowest BCUT2D eigenvalue weighted by molar-refractivity contribution is -0.121. The van der Waals surface area contributed by atoms with Crippen LogP contribution in [-0.4, -0.2) is 19.0 Å². The average Bonchev–Trinajstić information content (AvgIpc) is 2.29. The van der Waals surface area contributed by atoms with Crippen molar-refractivity contribution < 1.29 is 4.79 Å². The molecular weight excluding hydrogens is 280 g/mol. The van der Waals surface area contributed by atoms with E-state index in [1.54, 1.807) is 0 Å². The maximum atomic E-state index is 11.5. The summed E-state index contributed by atoms with van der Waals surface area (Å²) in [7, 11) is 0. The SMILES string of the molecule is CC(CN)CC(=O)NCCc1cccc(Br)c1. The van der Waals surface area contributed by atoms with Crippen molar-refractivity contribution in [2.75, 3.05) is 13.1 Å². The van der Waals surface area contributed by atoms with Crippen molar-refractivity contribution in [2.45, 2.75) is 19.8 Å². The molecule has 94 valence electrons. The molecule has 0 saturated carbocycles. The second kappa shape index (κ2) is 7.45. The molecule has 1 aromatic rings. The molecule has 1 atom stereocenters. The van der Waals surface area contributed by atoms with Gasteiger partial charge in [0.05, 0.1) is 0 Å². The molecule has 0 radical (unpaired) electrons. The van der Waals surface area contributed by atoms with E-state index in [9.17, 15) is 4.79 Å². The van der Waals surface area contributed by atoms with E-state index in [0.717, 1.165) is 10.9 Å². The zero-order valence-corrected chi connectivity index (χ0v) is 11.7.